The van der Waals surface area contributed by atoms with Crippen LogP contribution in [-0.2, 0) is 6.54 Å². The summed E-state index contributed by atoms with van der Waals surface area (Å²) in [6, 6.07) is 5.60. The van der Waals surface area contributed by atoms with Gasteiger partial charge in [-0.15, -0.1) is 0 Å². The van der Waals surface area contributed by atoms with E-state index in [4.69, 9.17) is 5.11 Å². The molecule has 1 rings (SSSR count). The Hall–Kier alpha value is -0.150. The molecule has 15 heavy (non-hydrogen) atoms. The van der Waals surface area contributed by atoms with E-state index >= 15 is 0 Å². The van der Waals surface area contributed by atoms with E-state index in [1.54, 1.807) is 0 Å². The maximum absolute atomic E-state index is 9.78. The summed E-state index contributed by atoms with van der Waals surface area (Å²) < 4.78 is 2.81. The van der Waals surface area contributed by atoms with Crippen LogP contribution < -0.4 is 0 Å². The molecule has 84 valence electrons. The first-order valence-electron chi connectivity index (χ1n) is 4.68. The third-order valence-corrected chi connectivity index (χ3v) is 3.77. The molecule has 1 aromatic rings. The van der Waals surface area contributed by atoms with E-state index in [0.717, 1.165) is 5.56 Å². The highest BCUT2D eigenvalue weighted by Gasteiger charge is 2.08. The fourth-order valence-electron chi connectivity index (χ4n) is 1.28. The fourth-order valence-corrected chi connectivity index (χ4v) is 2.34. The van der Waals surface area contributed by atoms with Gasteiger partial charge in [0.2, 0.25) is 0 Å². The number of phenols is 1. The Bertz CT molecular complexity index is 322. The number of rotatable bonds is 5. The Morgan fingerprint density at radius 3 is 2.80 bits per heavy atom. The molecule has 0 amide bonds. The third-order valence-electron chi connectivity index (χ3n) is 2.12. The van der Waals surface area contributed by atoms with Gasteiger partial charge in [0.1, 0.15) is 5.75 Å². The van der Waals surface area contributed by atoms with Crippen LogP contribution in [0.1, 0.15) is 5.56 Å². The van der Waals surface area contributed by atoms with Crippen molar-refractivity contribution in [2.45, 2.75) is 6.54 Å². The highest BCUT2D eigenvalue weighted by Crippen LogP contribution is 2.29. The second-order valence-corrected chi connectivity index (χ2v) is 5.05. The van der Waals surface area contributed by atoms with Gasteiger partial charge in [-0.25, -0.2) is 0 Å². The molecule has 1 aromatic carbocycles. The van der Waals surface area contributed by atoms with E-state index in [9.17, 15) is 5.11 Å². The van der Waals surface area contributed by atoms with Crippen LogP contribution in [0.5, 0.6) is 5.75 Å². The molecule has 1 unspecified atom stereocenters. The smallest absolute Gasteiger partial charge is 0.134 e. The summed E-state index contributed by atoms with van der Waals surface area (Å²) in [5, 5.41) is 18.6. The van der Waals surface area contributed by atoms with E-state index in [0.29, 0.717) is 32.0 Å². The Kier molecular flexibility index (Phi) is 5.54. The molecule has 0 spiro atoms. The quantitative estimate of drug-likeness (QED) is 0.817. The number of halogens is 1. The van der Waals surface area contributed by atoms with Crippen molar-refractivity contribution < 1.29 is 10.2 Å². The first-order valence-corrected chi connectivity index (χ1v) is 6.92. The second kappa shape index (κ2) is 6.44. The Morgan fingerprint density at radius 1 is 1.47 bits per heavy atom. The molecule has 0 aliphatic rings. The SMILES string of the molecule is CPN(CCO)Cc1cccc(Br)c1O. The summed E-state index contributed by atoms with van der Waals surface area (Å²) in [5.41, 5.74) is 0.882. The lowest BCUT2D eigenvalue weighted by Crippen LogP contribution is -2.17. The van der Waals surface area contributed by atoms with Gasteiger partial charge in [-0.3, -0.25) is 4.67 Å². The number of aliphatic hydroxyl groups excluding tert-OH is 1. The molecule has 0 heterocycles. The lowest BCUT2D eigenvalue weighted by molar-refractivity contribution is 0.257. The van der Waals surface area contributed by atoms with E-state index < -0.39 is 0 Å². The standard InChI is InChI=1S/C10H15BrNO2P/c1-15-12(5-6-13)7-8-3-2-4-9(11)10(8)14/h2-4,13-15H,5-7H2,1H3. The van der Waals surface area contributed by atoms with Crippen LogP contribution in [0.15, 0.2) is 22.7 Å². The third kappa shape index (κ3) is 3.72. The Labute approximate surface area is 100 Å². The second-order valence-electron chi connectivity index (χ2n) is 3.12. The predicted molar refractivity (Wildman–Crippen MR) is 67.5 cm³/mol. The maximum Gasteiger partial charge on any atom is 0.134 e. The maximum atomic E-state index is 9.78. The summed E-state index contributed by atoms with van der Waals surface area (Å²) >= 11 is 3.28. The number of aromatic hydroxyl groups is 1. The van der Waals surface area contributed by atoms with E-state index in [1.807, 2.05) is 18.2 Å². The summed E-state index contributed by atoms with van der Waals surface area (Å²) in [6.45, 7) is 3.52. The number of aliphatic hydroxyl groups is 1. The molecule has 0 aromatic heterocycles. The topological polar surface area (TPSA) is 43.7 Å². The zero-order chi connectivity index (χ0) is 11.3. The number of phenolic OH excluding ortho intramolecular Hbond substituents is 1. The van der Waals surface area contributed by atoms with Gasteiger partial charge in [0.15, 0.2) is 0 Å². The number of nitrogens with zero attached hydrogens (tertiary/aromatic N) is 1. The van der Waals surface area contributed by atoms with Crippen LogP contribution >= 0.6 is 24.7 Å². The molecule has 5 heteroatoms. The molecule has 0 aliphatic heterocycles. The number of hydrogen-bond donors (Lipinski definition) is 2. The molecule has 3 nitrogen and oxygen atoms in total. The predicted octanol–water partition coefficient (Wildman–Crippen LogP) is 2.17. The van der Waals surface area contributed by atoms with Crippen LogP contribution in [0.4, 0.5) is 0 Å². The van der Waals surface area contributed by atoms with Crippen molar-refractivity contribution in [3.63, 3.8) is 0 Å². The van der Waals surface area contributed by atoms with Crippen LogP contribution in [-0.4, -0.2) is 34.7 Å². The summed E-state index contributed by atoms with van der Waals surface area (Å²) in [6.07, 6.45) is 0. The number of hydrogen-bond acceptors (Lipinski definition) is 3. The van der Waals surface area contributed by atoms with Gasteiger partial charge in [-0.1, -0.05) is 20.9 Å². The minimum Gasteiger partial charge on any atom is -0.506 e. The van der Waals surface area contributed by atoms with Crippen molar-refractivity contribution in [2.75, 3.05) is 19.8 Å². The molecule has 0 saturated heterocycles. The van der Waals surface area contributed by atoms with Gasteiger partial charge in [0, 0.05) is 18.7 Å². The minimum atomic E-state index is 0.148. The lowest BCUT2D eigenvalue weighted by atomic mass is 10.2. The molecule has 0 radical (unpaired) electrons. The molecule has 0 saturated carbocycles. The van der Waals surface area contributed by atoms with Crippen molar-refractivity contribution in [2.24, 2.45) is 0 Å². The van der Waals surface area contributed by atoms with Crippen LogP contribution in [0.2, 0.25) is 0 Å². The monoisotopic (exact) mass is 291 g/mol. The first-order chi connectivity index (χ1) is 7.19. The molecule has 0 aliphatic carbocycles. The minimum absolute atomic E-state index is 0.148. The van der Waals surface area contributed by atoms with Gasteiger partial charge in [0.25, 0.3) is 0 Å². The highest BCUT2D eigenvalue weighted by atomic mass is 79.9. The zero-order valence-electron chi connectivity index (χ0n) is 8.57. The van der Waals surface area contributed by atoms with E-state index in [1.165, 1.54) is 0 Å². The van der Waals surface area contributed by atoms with Crippen molar-refractivity contribution >= 4 is 24.7 Å². The molecule has 0 bridgehead atoms. The number of para-hydroxylation sites is 1. The van der Waals surface area contributed by atoms with Gasteiger partial charge in [0.05, 0.1) is 11.1 Å². The van der Waals surface area contributed by atoms with Crippen LogP contribution in [0, 0.1) is 0 Å². The zero-order valence-corrected chi connectivity index (χ0v) is 11.2. The van der Waals surface area contributed by atoms with Crippen molar-refractivity contribution in [3.05, 3.63) is 28.2 Å². The van der Waals surface area contributed by atoms with Gasteiger partial charge >= 0.3 is 0 Å². The van der Waals surface area contributed by atoms with Gasteiger partial charge in [-0.05, 0) is 28.7 Å². The van der Waals surface area contributed by atoms with Crippen LogP contribution in [0.3, 0.4) is 0 Å². The van der Waals surface area contributed by atoms with E-state index in [-0.39, 0.29) is 6.61 Å². The molecule has 2 N–H and O–H groups in total. The number of benzene rings is 1. The normalized spacial score (nSPS) is 11.7. The van der Waals surface area contributed by atoms with Gasteiger partial charge in [-0.2, -0.15) is 0 Å². The Balaban J connectivity index is 2.74. The lowest BCUT2D eigenvalue weighted by Gasteiger charge is -2.19. The summed E-state index contributed by atoms with van der Waals surface area (Å²) in [7, 11) is 0.621. The van der Waals surface area contributed by atoms with Crippen molar-refractivity contribution in [3.8, 4) is 5.75 Å². The first kappa shape index (κ1) is 12.9. The molecular formula is C10H15BrNO2P. The van der Waals surface area contributed by atoms with Crippen molar-refractivity contribution in [1.29, 1.82) is 0 Å². The highest BCUT2D eigenvalue weighted by molar-refractivity contribution is 9.10. The molecule has 0 fully saturated rings. The Morgan fingerprint density at radius 2 is 2.20 bits per heavy atom. The van der Waals surface area contributed by atoms with E-state index in [2.05, 4.69) is 27.3 Å². The van der Waals surface area contributed by atoms with Crippen LogP contribution in [0.25, 0.3) is 0 Å². The van der Waals surface area contributed by atoms with Crippen molar-refractivity contribution in [1.82, 2.24) is 4.67 Å². The average Bonchev–Trinajstić information content (AvgIpc) is 2.24. The fraction of sp³-hybridized carbons (Fsp3) is 0.400. The van der Waals surface area contributed by atoms with Gasteiger partial charge < -0.3 is 10.2 Å². The largest absolute Gasteiger partial charge is 0.506 e. The summed E-state index contributed by atoms with van der Waals surface area (Å²) in [4.78, 5) is 0. The molecular weight excluding hydrogens is 277 g/mol. The molecule has 1 atom stereocenters. The average molecular weight is 292 g/mol. The summed E-state index contributed by atoms with van der Waals surface area (Å²) in [5.74, 6) is 0.290.